The summed E-state index contributed by atoms with van der Waals surface area (Å²) in [5, 5.41) is 9.83. The lowest BCUT2D eigenvalue weighted by atomic mass is 9.90. The minimum absolute atomic E-state index is 0.106. The maximum Gasteiger partial charge on any atom is 0.328 e. The van der Waals surface area contributed by atoms with E-state index in [-0.39, 0.29) is 23.5 Å². The minimum atomic E-state index is -1.21. The number of rotatable bonds is 5. The lowest BCUT2D eigenvalue weighted by Crippen LogP contribution is -2.37. The fraction of sp³-hybridized carbons (Fsp3) is 0.148. The number of aliphatic carboxylic acids is 1. The molecule has 172 valence electrons. The van der Waals surface area contributed by atoms with E-state index in [1.165, 1.54) is 6.07 Å². The third kappa shape index (κ3) is 3.99. The Morgan fingerprint density at radius 3 is 2.47 bits per heavy atom. The molecule has 5 rings (SSSR count). The number of hydrogen-bond donors (Lipinski definition) is 2. The first-order valence-corrected chi connectivity index (χ1v) is 10.9. The van der Waals surface area contributed by atoms with Crippen LogP contribution in [0.15, 0.2) is 66.7 Å². The van der Waals surface area contributed by atoms with Crippen LogP contribution in [0.25, 0.3) is 17.0 Å². The molecule has 0 fully saturated rings. The van der Waals surface area contributed by atoms with Gasteiger partial charge in [0, 0.05) is 46.9 Å². The molecule has 1 aromatic heterocycles. The summed E-state index contributed by atoms with van der Waals surface area (Å²) < 4.78 is 45.3. The molecular formula is C27H21F3N2O2. The standard InChI is InChI=1S/C27H21F3N2O2/c28-20-7-3-1-5-17(20)15-32-12-11-19-18-6-2-4-8-23(18)31-26(19)27(32)25-21(29)13-16(14-22(25)30)9-10-24(33)34/h1-10,13-14,27,31H,11-12,15H2,(H,33,34)/b10-9+. The van der Waals surface area contributed by atoms with Crippen LogP contribution in [0.2, 0.25) is 0 Å². The summed E-state index contributed by atoms with van der Waals surface area (Å²) in [5.41, 5.74) is 2.92. The molecule has 1 atom stereocenters. The molecule has 34 heavy (non-hydrogen) atoms. The van der Waals surface area contributed by atoms with E-state index in [0.29, 0.717) is 24.2 Å². The van der Waals surface area contributed by atoms with E-state index >= 15 is 8.78 Å². The van der Waals surface area contributed by atoms with E-state index in [0.717, 1.165) is 40.8 Å². The quantitative estimate of drug-likeness (QED) is 0.367. The molecule has 0 saturated carbocycles. The van der Waals surface area contributed by atoms with Crippen LogP contribution in [0.5, 0.6) is 0 Å². The summed E-state index contributed by atoms with van der Waals surface area (Å²) >= 11 is 0. The lowest BCUT2D eigenvalue weighted by Gasteiger charge is -2.36. The third-order valence-corrected chi connectivity index (χ3v) is 6.26. The van der Waals surface area contributed by atoms with E-state index in [9.17, 15) is 9.18 Å². The summed E-state index contributed by atoms with van der Waals surface area (Å²) in [6, 6.07) is 15.5. The van der Waals surface area contributed by atoms with Crippen LogP contribution in [0, 0.1) is 17.5 Å². The van der Waals surface area contributed by atoms with Crippen LogP contribution >= 0.6 is 0 Å². The van der Waals surface area contributed by atoms with Gasteiger partial charge in [-0.1, -0.05) is 36.4 Å². The Hall–Kier alpha value is -3.84. The molecule has 4 aromatic rings. The second kappa shape index (κ2) is 8.83. The van der Waals surface area contributed by atoms with Crippen molar-refractivity contribution in [3.8, 4) is 0 Å². The fourth-order valence-electron chi connectivity index (χ4n) is 4.76. The number of carboxylic acids is 1. The molecule has 0 bridgehead atoms. The van der Waals surface area contributed by atoms with E-state index in [1.54, 1.807) is 18.2 Å². The molecule has 0 saturated heterocycles. The van der Waals surface area contributed by atoms with Crippen molar-refractivity contribution >= 4 is 22.9 Å². The number of fused-ring (bicyclic) bond motifs is 3. The van der Waals surface area contributed by atoms with Gasteiger partial charge in [0.05, 0.1) is 6.04 Å². The van der Waals surface area contributed by atoms with E-state index in [4.69, 9.17) is 5.11 Å². The Kier molecular flexibility index (Phi) is 5.71. The number of carbonyl (C=O) groups is 1. The van der Waals surface area contributed by atoms with Crippen molar-refractivity contribution in [2.45, 2.75) is 19.0 Å². The highest BCUT2D eigenvalue weighted by Crippen LogP contribution is 2.41. The van der Waals surface area contributed by atoms with Crippen molar-refractivity contribution in [3.05, 3.63) is 112 Å². The number of para-hydroxylation sites is 1. The molecule has 1 unspecified atom stereocenters. The van der Waals surface area contributed by atoms with Crippen LogP contribution in [0.4, 0.5) is 13.2 Å². The van der Waals surface area contributed by atoms with E-state index in [2.05, 4.69) is 4.98 Å². The van der Waals surface area contributed by atoms with Gasteiger partial charge in [-0.15, -0.1) is 0 Å². The first-order valence-electron chi connectivity index (χ1n) is 10.9. The number of nitrogens with zero attached hydrogens (tertiary/aromatic N) is 1. The Balaban J connectivity index is 1.65. The number of nitrogens with one attached hydrogen (secondary N) is 1. The third-order valence-electron chi connectivity index (χ3n) is 6.26. The number of benzene rings is 3. The molecule has 0 amide bonds. The zero-order valence-corrected chi connectivity index (χ0v) is 18.1. The zero-order chi connectivity index (χ0) is 23.8. The van der Waals surface area contributed by atoms with E-state index in [1.807, 2.05) is 29.2 Å². The maximum absolute atomic E-state index is 15.4. The van der Waals surface area contributed by atoms with Crippen molar-refractivity contribution < 1.29 is 23.1 Å². The largest absolute Gasteiger partial charge is 0.478 e. The number of aromatic amines is 1. The molecule has 1 aliphatic rings. The number of hydrogen-bond acceptors (Lipinski definition) is 2. The molecular weight excluding hydrogens is 441 g/mol. The first kappa shape index (κ1) is 22.0. The highest BCUT2D eigenvalue weighted by Gasteiger charge is 2.35. The van der Waals surface area contributed by atoms with Gasteiger partial charge in [-0.25, -0.2) is 18.0 Å². The van der Waals surface area contributed by atoms with Gasteiger partial charge >= 0.3 is 5.97 Å². The SMILES string of the molecule is O=C(O)/C=C/c1cc(F)c(C2c3[nH]c4ccccc4c3CCN2Cc2ccccc2F)c(F)c1. The lowest BCUT2D eigenvalue weighted by molar-refractivity contribution is -0.131. The summed E-state index contributed by atoms with van der Waals surface area (Å²) in [6.07, 6.45) is 2.62. The summed E-state index contributed by atoms with van der Waals surface area (Å²) in [5.74, 6) is -3.17. The van der Waals surface area contributed by atoms with Crippen LogP contribution in [-0.2, 0) is 17.8 Å². The average molecular weight is 462 g/mol. The normalized spacial score (nSPS) is 16.3. The first-order chi connectivity index (χ1) is 16.4. The smallest absolute Gasteiger partial charge is 0.328 e. The highest BCUT2D eigenvalue weighted by atomic mass is 19.1. The Morgan fingerprint density at radius 1 is 1.03 bits per heavy atom. The van der Waals surface area contributed by atoms with Crippen LogP contribution in [-0.4, -0.2) is 27.5 Å². The number of aromatic nitrogens is 1. The number of halogens is 3. The second-order valence-corrected chi connectivity index (χ2v) is 8.35. The predicted octanol–water partition coefficient (Wildman–Crippen LogP) is 5.83. The molecule has 7 heteroatoms. The van der Waals surface area contributed by atoms with Gasteiger partial charge in [-0.2, -0.15) is 0 Å². The number of H-pyrrole nitrogens is 1. The predicted molar refractivity (Wildman–Crippen MR) is 124 cm³/mol. The van der Waals surface area contributed by atoms with Crippen molar-refractivity contribution in [3.63, 3.8) is 0 Å². The summed E-state index contributed by atoms with van der Waals surface area (Å²) in [4.78, 5) is 16.0. The van der Waals surface area contributed by atoms with Gasteiger partial charge in [0.2, 0.25) is 0 Å². The molecule has 4 nitrogen and oxygen atoms in total. The molecule has 2 heterocycles. The molecule has 1 aliphatic heterocycles. The van der Waals surface area contributed by atoms with Gasteiger partial charge in [0.25, 0.3) is 0 Å². The Morgan fingerprint density at radius 2 is 1.74 bits per heavy atom. The highest BCUT2D eigenvalue weighted by molar-refractivity contribution is 5.86. The van der Waals surface area contributed by atoms with Gasteiger partial charge < -0.3 is 10.1 Å². The van der Waals surface area contributed by atoms with Crippen LogP contribution in [0.3, 0.4) is 0 Å². The van der Waals surface area contributed by atoms with Gasteiger partial charge in [0.15, 0.2) is 0 Å². The summed E-state index contributed by atoms with van der Waals surface area (Å²) in [7, 11) is 0. The van der Waals surface area contributed by atoms with Crippen molar-refractivity contribution in [2.24, 2.45) is 0 Å². The fourth-order valence-corrected chi connectivity index (χ4v) is 4.76. The summed E-state index contributed by atoms with van der Waals surface area (Å²) in [6.45, 7) is 0.652. The molecule has 0 aliphatic carbocycles. The van der Waals surface area contributed by atoms with Crippen molar-refractivity contribution in [1.82, 2.24) is 9.88 Å². The Bertz CT molecular complexity index is 1400. The molecule has 3 aromatic carbocycles. The van der Waals surface area contributed by atoms with Crippen molar-refractivity contribution in [2.75, 3.05) is 6.54 Å². The zero-order valence-electron chi connectivity index (χ0n) is 18.1. The topological polar surface area (TPSA) is 56.3 Å². The van der Waals surface area contributed by atoms with Crippen LogP contribution in [0.1, 0.15) is 34.0 Å². The minimum Gasteiger partial charge on any atom is -0.478 e. The number of carboxylic acid groups (broad SMARTS) is 1. The second-order valence-electron chi connectivity index (χ2n) is 8.35. The van der Waals surface area contributed by atoms with E-state index < -0.39 is 23.6 Å². The molecule has 2 N–H and O–H groups in total. The Labute approximate surface area is 194 Å². The molecule has 0 radical (unpaired) electrons. The molecule has 0 spiro atoms. The van der Waals surface area contributed by atoms with Gasteiger partial charge in [-0.3, -0.25) is 4.90 Å². The average Bonchev–Trinajstić information content (AvgIpc) is 3.18. The van der Waals surface area contributed by atoms with Gasteiger partial charge in [0.1, 0.15) is 17.5 Å². The van der Waals surface area contributed by atoms with Gasteiger partial charge in [-0.05, 0) is 47.9 Å². The monoisotopic (exact) mass is 462 g/mol. The van der Waals surface area contributed by atoms with Crippen LogP contribution < -0.4 is 0 Å². The van der Waals surface area contributed by atoms with Crippen molar-refractivity contribution in [1.29, 1.82) is 0 Å². The maximum atomic E-state index is 15.4.